The molecule has 2 heterocycles. The van der Waals surface area contributed by atoms with Gasteiger partial charge >= 0.3 is 6.18 Å². The summed E-state index contributed by atoms with van der Waals surface area (Å²) in [6, 6.07) is 1.88. The molecule has 0 spiro atoms. The summed E-state index contributed by atoms with van der Waals surface area (Å²) in [6.45, 7) is 13.9. The Morgan fingerprint density at radius 1 is 1.21 bits per heavy atom. The summed E-state index contributed by atoms with van der Waals surface area (Å²) in [5.41, 5.74) is -0.0151. The lowest BCUT2D eigenvalue weighted by Crippen LogP contribution is -2.40. The molecule has 6 nitrogen and oxygen atoms in total. The second-order valence-corrected chi connectivity index (χ2v) is 9.04. The first-order chi connectivity index (χ1) is 16.1. The normalized spacial score (nSPS) is 17.2. The predicted octanol–water partition coefficient (Wildman–Crippen LogP) is 4.28. The molecule has 1 aliphatic heterocycles. The van der Waals surface area contributed by atoms with Crippen LogP contribution in [0.25, 0.3) is 17.3 Å². The van der Waals surface area contributed by atoms with Crippen LogP contribution in [0, 0.1) is 5.92 Å². The third-order valence-corrected chi connectivity index (χ3v) is 6.22. The molecule has 0 aromatic carbocycles. The van der Waals surface area contributed by atoms with Crippen LogP contribution in [0.4, 0.5) is 19.0 Å². The van der Waals surface area contributed by atoms with Crippen molar-refractivity contribution in [1.29, 1.82) is 0 Å². The Bertz CT molecular complexity index is 931. The highest BCUT2D eigenvalue weighted by Gasteiger charge is 2.36. The van der Waals surface area contributed by atoms with E-state index in [0.29, 0.717) is 36.6 Å². The number of anilines is 1. The summed E-state index contributed by atoms with van der Waals surface area (Å²) >= 11 is 0. The van der Waals surface area contributed by atoms with Gasteiger partial charge in [-0.05, 0) is 58.3 Å². The highest BCUT2D eigenvalue weighted by molar-refractivity contribution is 5.82. The molecule has 0 bridgehead atoms. The quantitative estimate of drug-likeness (QED) is 0.415. The van der Waals surface area contributed by atoms with Crippen molar-refractivity contribution in [1.82, 2.24) is 20.5 Å². The summed E-state index contributed by atoms with van der Waals surface area (Å²) in [5, 5.41) is 9.34. The van der Waals surface area contributed by atoms with Crippen LogP contribution in [-0.4, -0.2) is 61.2 Å². The number of aromatic nitrogens is 1. The molecule has 186 valence electrons. The largest absolute Gasteiger partial charge is 0.417 e. The minimum absolute atomic E-state index is 0.0655. The molecule has 2 aliphatic rings. The van der Waals surface area contributed by atoms with Crippen molar-refractivity contribution in [2.75, 3.05) is 38.5 Å². The van der Waals surface area contributed by atoms with Gasteiger partial charge in [-0.3, -0.25) is 4.79 Å². The average Bonchev–Trinajstić information content (AvgIpc) is 3.64. The molecule has 34 heavy (non-hydrogen) atoms. The maximum Gasteiger partial charge on any atom is 0.417 e. The average molecular weight is 478 g/mol. The number of nitrogens with zero attached hydrogens (tertiary/aromatic N) is 2. The predicted molar refractivity (Wildman–Crippen MR) is 131 cm³/mol. The summed E-state index contributed by atoms with van der Waals surface area (Å²) in [4.78, 5) is 18.2. The van der Waals surface area contributed by atoms with Crippen LogP contribution >= 0.6 is 0 Å². The number of carbonyl (C=O) groups is 1. The molecule has 1 aliphatic carbocycles. The van der Waals surface area contributed by atoms with Gasteiger partial charge in [0.05, 0.1) is 11.3 Å². The minimum Gasteiger partial charge on any atom is -0.382 e. The molecule has 1 aromatic rings. The fourth-order valence-corrected chi connectivity index (χ4v) is 3.95. The van der Waals surface area contributed by atoms with E-state index in [2.05, 4.69) is 52.6 Å². The van der Waals surface area contributed by atoms with Gasteiger partial charge in [-0.1, -0.05) is 25.8 Å². The second kappa shape index (κ2) is 11.1. The van der Waals surface area contributed by atoms with E-state index in [1.165, 1.54) is 6.08 Å². The van der Waals surface area contributed by atoms with E-state index in [9.17, 15) is 18.0 Å². The number of alkyl halides is 3. The summed E-state index contributed by atoms with van der Waals surface area (Å²) < 4.78 is 40.6. The van der Waals surface area contributed by atoms with Gasteiger partial charge in [-0.15, -0.1) is 0 Å². The first-order valence-corrected chi connectivity index (χ1v) is 11.7. The van der Waals surface area contributed by atoms with Crippen LogP contribution in [0.1, 0.15) is 48.9 Å². The molecule has 3 N–H and O–H groups in total. The van der Waals surface area contributed by atoms with Crippen molar-refractivity contribution in [3.8, 4) is 0 Å². The van der Waals surface area contributed by atoms with Crippen LogP contribution in [-0.2, 0) is 4.79 Å². The van der Waals surface area contributed by atoms with Gasteiger partial charge in [0.2, 0.25) is 5.91 Å². The van der Waals surface area contributed by atoms with Gasteiger partial charge in [0, 0.05) is 41.9 Å². The number of rotatable bonds is 11. The van der Waals surface area contributed by atoms with Crippen LogP contribution in [0.2, 0.25) is 0 Å². The summed E-state index contributed by atoms with van der Waals surface area (Å²) in [6.07, 6.45) is 1.07. The SMILES string of the molecule is C=Cc1c(C(=C)NC2CCN(C)CC2)cc(NCCCNC(=O)C2CC2)nc1C(=C)C(F)(F)F. The minimum atomic E-state index is -4.63. The standard InChI is InChI=1S/C25H34F3N5O/c1-5-20-21(17(3)31-19-9-13-33(4)14-10-19)15-22(32-23(20)16(2)25(26,27)28)29-11-6-12-30-24(34)18-7-8-18/h5,15,18-19,31H,1-3,6-14H2,4H3,(H,29,32)(H,30,34). The van der Waals surface area contributed by atoms with Crippen molar-refractivity contribution in [3.63, 3.8) is 0 Å². The maximum absolute atomic E-state index is 13.5. The van der Waals surface area contributed by atoms with E-state index in [-0.39, 0.29) is 29.1 Å². The van der Waals surface area contributed by atoms with E-state index < -0.39 is 11.7 Å². The molecule has 0 atom stereocenters. The van der Waals surface area contributed by atoms with Crippen molar-refractivity contribution >= 4 is 29.1 Å². The Hall–Kier alpha value is -2.81. The molecule has 1 aromatic heterocycles. The molecule has 1 amide bonds. The van der Waals surface area contributed by atoms with E-state index in [1.807, 2.05) is 0 Å². The highest BCUT2D eigenvalue weighted by Crippen LogP contribution is 2.36. The zero-order valence-electron chi connectivity index (χ0n) is 19.7. The number of hydrogen-bond acceptors (Lipinski definition) is 5. The number of pyridine rings is 1. The zero-order valence-corrected chi connectivity index (χ0v) is 19.7. The smallest absolute Gasteiger partial charge is 0.382 e. The van der Waals surface area contributed by atoms with Crippen molar-refractivity contribution in [2.24, 2.45) is 5.92 Å². The fourth-order valence-electron chi connectivity index (χ4n) is 3.95. The number of nitrogens with one attached hydrogen (secondary N) is 3. The lowest BCUT2D eigenvalue weighted by Gasteiger charge is -2.31. The molecule has 9 heteroatoms. The van der Waals surface area contributed by atoms with E-state index >= 15 is 0 Å². The van der Waals surface area contributed by atoms with Gasteiger partial charge in [0.15, 0.2) is 0 Å². The number of allylic oxidation sites excluding steroid dienone is 1. The Morgan fingerprint density at radius 2 is 1.88 bits per heavy atom. The molecule has 1 saturated heterocycles. The zero-order chi connectivity index (χ0) is 24.9. The van der Waals surface area contributed by atoms with Gasteiger partial charge in [-0.2, -0.15) is 13.2 Å². The Labute approximate surface area is 199 Å². The van der Waals surface area contributed by atoms with Crippen LogP contribution < -0.4 is 16.0 Å². The van der Waals surface area contributed by atoms with Crippen molar-refractivity contribution in [3.05, 3.63) is 42.6 Å². The van der Waals surface area contributed by atoms with Gasteiger partial charge in [-0.25, -0.2) is 4.98 Å². The number of hydrogen-bond donors (Lipinski definition) is 3. The molecule has 0 radical (unpaired) electrons. The molecular formula is C25H34F3N5O. The van der Waals surface area contributed by atoms with Crippen LogP contribution in [0.15, 0.2) is 25.8 Å². The first-order valence-electron chi connectivity index (χ1n) is 11.7. The Morgan fingerprint density at radius 3 is 2.47 bits per heavy atom. The number of halogens is 3. The monoisotopic (exact) mass is 477 g/mol. The molecule has 0 unspecified atom stereocenters. The first kappa shape index (κ1) is 25.8. The number of amides is 1. The van der Waals surface area contributed by atoms with Crippen molar-refractivity contribution < 1.29 is 18.0 Å². The Balaban J connectivity index is 1.76. The summed E-state index contributed by atoms with van der Waals surface area (Å²) in [7, 11) is 2.06. The lowest BCUT2D eigenvalue weighted by molar-refractivity contribution is -0.122. The molecular weight excluding hydrogens is 443 g/mol. The highest BCUT2D eigenvalue weighted by atomic mass is 19.4. The maximum atomic E-state index is 13.5. The summed E-state index contributed by atoms with van der Waals surface area (Å²) in [5.74, 6) is 0.499. The van der Waals surface area contributed by atoms with E-state index in [0.717, 1.165) is 38.8 Å². The Kier molecular flexibility index (Phi) is 8.41. The van der Waals surface area contributed by atoms with Gasteiger partial charge in [0.25, 0.3) is 0 Å². The number of carbonyl (C=O) groups excluding carboxylic acids is 1. The van der Waals surface area contributed by atoms with E-state index in [4.69, 9.17) is 0 Å². The number of piperidine rings is 1. The third-order valence-electron chi connectivity index (χ3n) is 6.22. The number of likely N-dealkylation sites (tertiary alicyclic amines) is 1. The second-order valence-electron chi connectivity index (χ2n) is 9.04. The topological polar surface area (TPSA) is 69.3 Å². The molecule has 2 fully saturated rings. The van der Waals surface area contributed by atoms with Gasteiger partial charge < -0.3 is 20.9 Å². The van der Waals surface area contributed by atoms with Crippen molar-refractivity contribution in [2.45, 2.75) is 44.3 Å². The molecule has 1 saturated carbocycles. The van der Waals surface area contributed by atoms with Crippen LogP contribution in [0.5, 0.6) is 0 Å². The van der Waals surface area contributed by atoms with E-state index in [1.54, 1.807) is 6.07 Å². The fraction of sp³-hybridized carbons (Fsp3) is 0.520. The third kappa shape index (κ3) is 6.85. The van der Waals surface area contributed by atoms with Gasteiger partial charge in [0.1, 0.15) is 5.82 Å². The lowest BCUT2D eigenvalue weighted by atomic mass is 9.98. The molecule has 3 rings (SSSR count). The van der Waals surface area contributed by atoms with Crippen LogP contribution in [0.3, 0.4) is 0 Å².